The highest BCUT2D eigenvalue weighted by molar-refractivity contribution is 5.03. The molecule has 1 atom stereocenters. The molecule has 1 heterocycles. The standard InChI is InChI=1S/C14H25N3/c1-13(2)7-4-8-14(15,11-13)9-5-12-6-10-16-17(12)3/h6,10H,4-5,7-9,11,15H2,1-3H3. The molecule has 1 aliphatic rings. The van der Waals surface area contributed by atoms with E-state index < -0.39 is 0 Å². The molecule has 1 saturated carbocycles. The lowest BCUT2D eigenvalue weighted by Crippen LogP contribution is -2.47. The van der Waals surface area contributed by atoms with Gasteiger partial charge in [-0.15, -0.1) is 0 Å². The van der Waals surface area contributed by atoms with E-state index in [9.17, 15) is 0 Å². The van der Waals surface area contributed by atoms with Crippen LogP contribution in [-0.4, -0.2) is 15.3 Å². The molecule has 1 unspecified atom stereocenters. The van der Waals surface area contributed by atoms with E-state index >= 15 is 0 Å². The summed E-state index contributed by atoms with van der Waals surface area (Å²) in [6, 6.07) is 2.09. The monoisotopic (exact) mass is 235 g/mol. The summed E-state index contributed by atoms with van der Waals surface area (Å²) in [4.78, 5) is 0. The summed E-state index contributed by atoms with van der Waals surface area (Å²) in [6.07, 6.45) is 8.90. The molecule has 0 radical (unpaired) electrons. The second-order valence-electron chi connectivity index (χ2n) is 6.50. The fraction of sp³-hybridized carbons (Fsp3) is 0.786. The molecule has 2 N–H and O–H groups in total. The van der Waals surface area contributed by atoms with Crippen LogP contribution in [0.2, 0.25) is 0 Å². The molecule has 0 bridgehead atoms. The number of nitrogens with zero attached hydrogens (tertiary/aromatic N) is 2. The molecule has 1 aromatic rings. The Balaban J connectivity index is 1.96. The van der Waals surface area contributed by atoms with Crippen molar-refractivity contribution in [2.45, 2.75) is 57.9 Å². The summed E-state index contributed by atoms with van der Waals surface area (Å²) in [5.74, 6) is 0. The average molecular weight is 235 g/mol. The predicted octanol–water partition coefficient (Wildman–Crippen LogP) is 2.65. The molecular weight excluding hydrogens is 210 g/mol. The van der Waals surface area contributed by atoms with Crippen molar-refractivity contribution >= 4 is 0 Å². The lowest BCUT2D eigenvalue weighted by atomic mass is 9.67. The van der Waals surface area contributed by atoms with Gasteiger partial charge in [-0.2, -0.15) is 5.10 Å². The fourth-order valence-corrected chi connectivity index (χ4v) is 3.29. The normalized spacial score (nSPS) is 28.2. The van der Waals surface area contributed by atoms with Crippen molar-refractivity contribution in [1.29, 1.82) is 0 Å². The van der Waals surface area contributed by atoms with E-state index in [0.717, 1.165) is 19.3 Å². The van der Waals surface area contributed by atoms with Crippen molar-refractivity contribution in [2.24, 2.45) is 18.2 Å². The first kappa shape index (κ1) is 12.6. The molecule has 0 amide bonds. The smallest absolute Gasteiger partial charge is 0.0492 e. The highest BCUT2D eigenvalue weighted by Gasteiger charge is 2.36. The van der Waals surface area contributed by atoms with Gasteiger partial charge in [0.1, 0.15) is 0 Å². The zero-order valence-corrected chi connectivity index (χ0v) is 11.4. The van der Waals surface area contributed by atoms with Gasteiger partial charge >= 0.3 is 0 Å². The van der Waals surface area contributed by atoms with E-state index in [0.29, 0.717) is 5.41 Å². The number of hydrogen-bond acceptors (Lipinski definition) is 2. The van der Waals surface area contributed by atoms with Gasteiger partial charge in [-0.25, -0.2) is 0 Å². The molecule has 1 aromatic heterocycles. The molecule has 0 aromatic carbocycles. The zero-order chi connectivity index (χ0) is 12.5. The van der Waals surface area contributed by atoms with Crippen LogP contribution in [-0.2, 0) is 13.5 Å². The van der Waals surface area contributed by atoms with E-state index in [4.69, 9.17) is 5.73 Å². The number of nitrogens with two attached hydrogens (primary N) is 1. The molecule has 17 heavy (non-hydrogen) atoms. The fourth-order valence-electron chi connectivity index (χ4n) is 3.29. The molecule has 0 saturated heterocycles. The molecule has 1 fully saturated rings. The van der Waals surface area contributed by atoms with Crippen molar-refractivity contribution in [1.82, 2.24) is 9.78 Å². The summed E-state index contributed by atoms with van der Waals surface area (Å²) in [5.41, 5.74) is 8.31. The Bertz CT molecular complexity index is 381. The first-order chi connectivity index (χ1) is 7.90. The topological polar surface area (TPSA) is 43.8 Å². The minimum Gasteiger partial charge on any atom is -0.325 e. The minimum absolute atomic E-state index is 0.0337. The Morgan fingerprint density at radius 2 is 2.18 bits per heavy atom. The summed E-state index contributed by atoms with van der Waals surface area (Å²) < 4.78 is 1.96. The largest absolute Gasteiger partial charge is 0.325 e. The van der Waals surface area contributed by atoms with Crippen LogP contribution < -0.4 is 5.73 Å². The quantitative estimate of drug-likeness (QED) is 0.875. The Labute approximate surface area is 104 Å². The van der Waals surface area contributed by atoms with E-state index in [1.54, 1.807) is 0 Å². The van der Waals surface area contributed by atoms with Gasteiger partial charge in [-0.1, -0.05) is 20.3 Å². The zero-order valence-electron chi connectivity index (χ0n) is 11.4. The summed E-state index contributed by atoms with van der Waals surface area (Å²) >= 11 is 0. The van der Waals surface area contributed by atoms with Crippen LogP contribution in [0.5, 0.6) is 0 Å². The van der Waals surface area contributed by atoms with E-state index in [1.807, 2.05) is 17.9 Å². The van der Waals surface area contributed by atoms with Crippen molar-refractivity contribution < 1.29 is 0 Å². The Morgan fingerprint density at radius 3 is 2.76 bits per heavy atom. The maximum absolute atomic E-state index is 6.57. The highest BCUT2D eigenvalue weighted by atomic mass is 15.2. The van der Waals surface area contributed by atoms with Gasteiger partial charge in [-0.3, -0.25) is 4.68 Å². The van der Waals surface area contributed by atoms with Crippen LogP contribution in [0.4, 0.5) is 0 Å². The number of hydrogen-bond donors (Lipinski definition) is 1. The third-order valence-electron chi connectivity index (χ3n) is 4.16. The first-order valence-corrected chi connectivity index (χ1v) is 6.66. The molecule has 3 heteroatoms. The molecule has 2 rings (SSSR count). The van der Waals surface area contributed by atoms with Gasteiger partial charge < -0.3 is 5.73 Å². The van der Waals surface area contributed by atoms with Crippen LogP contribution in [0.1, 0.15) is 51.6 Å². The first-order valence-electron chi connectivity index (χ1n) is 6.66. The predicted molar refractivity (Wildman–Crippen MR) is 70.7 cm³/mol. The SMILES string of the molecule is Cn1nccc1CCC1(N)CCCC(C)(C)C1. The molecular formula is C14H25N3. The minimum atomic E-state index is 0.0337. The molecule has 0 aliphatic heterocycles. The van der Waals surface area contributed by atoms with Crippen molar-refractivity contribution in [2.75, 3.05) is 0 Å². The van der Waals surface area contributed by atoms with Crippen molar-refractivity contribution in [3.63, 3.8) is 0 Å². The lowest BCUT2D eigenvalue weighted by molar-refractivity contribution is 0.143. The summed E-state index contributed by atoms with van der Waals surface area (Å²) in [7, 11) is 2.00. The summed E-state index contributed by atoms with van der Waals surface area (Å²) in [5, 5.41) is 4.21. The maximum atomic E-state index is 6.57. The molecule has 96 valence electrons. The second-order valence-corrected chi connectivity index (χ2v) is 6.50. The maximum Gasteiger partial charge on any atom is 0.0492 e. The second kappa shape index (κ2) is 4.45. The molecule has 3 nitrogen and oxygen atoms in total. The van der Waals surface area contributed by atoms with Gasteiger partial charge in [0.05, 0.1) is 0 Å². The van der Waals surface area contributed by atoms with E-state index in [-0.39, 0.29) is 5.54 Å². The molecule has 1 aliphatic carbocycles. The van der Waals surface area contributed by atoms with Crippen LogP contribution in [0, 0.1) is 5.41 Å². The lowest BCUT2D eigenvalue weighted by Gasteiger charge is -2.42. The third-order valence-corrected chi connectivity index (χ3v) is 4.16. The van der Waals surface area contributed by atoms with Gasteiger partial charge in [0.15, 0.2) is 0 Å². The highest BCUT2D eigenvalue weighted by Crippen LogP contribution is 2.41. The van der Waals surface area contributed by atoms with Crippen LogP contribution in [0.3, 0.4) is 0 Å². The Hall–Kier alpha value is -0.830. The molecule has 0 spiro atoms. The third kappa shape index (κ3) is 3.09. The van der Waals surface area contributed by atoms with Crippen LogP contribution in [0.25, 0.3) is 0 Å². The van der Waals surface area contributed by atoms with Gasteiger partial charge in [0, 0.05) is 24.5 Å². The van der Waals surface area contributed by atoms with Crippen LogP contribution in [0.15, 0.2) is 12.3 Å². The van der Waals surface area contributed by atoms with E-state index in [2.05, 4.69) is 25.0 Å². The Kier molecular flexibility index (Phi) is 3.30. The van der Waals surface area contributed by atoms with Crippen molar-refractivity contribution in [3.05, 3.63) is 18.0 Å². The van der Waals surface area contributed by atoms with E-state index in [1.165, 1.54) is 25.0 Å². The number of rotatable bonds is 3. The summed E-state index contributed by atoms with van der Waals surface area (Å²) in [6.45, 7) is 4.69. The number of aromatic nitrogens is 2. The van der Waals surface area contributed by atoms with Gasteiger partial charge in [0.2, 0.25) is 0 Å². The van der Waals surface area contributed by atoms with Gasteiger partial charge in [-0.05, 0) is 43.6 Å². The average Bonchev–Trinajstić information content (AvgIpc) is 2.59. The van der Waals surface area contributed by atoms with Gasteiger partial charge in [0.25, 0.3) is 0 Å². The Morgan fingerprint density at radius 1 is 1.41 bits per heavy atom. The van der Waals surface area contributed by atoms with Crippen molar-refractivity contribution in [3.8, 4) is 0 Å². The van der Waals surface area contributed by atoms with Crippen LogP contribution >= 0.6 is 0 Å². The number of aryl methyl sites for hydroxylation is 2.